The first-order valence-electron chi connectivity index (χ1n) is 7.56. The Morgan fingerprint density at radius 3 is 2.83 bits per heavy atom. The Morgan fingerprint density at radius 1 is 1.22 bits per heavy atom. The second-order valence-corrected chi connectivity index (χ2v) is 5.71. The van der Waals surface area contributed by atoms with Crippen molar-refractivity contribution >= 4 is 18.0 Å². The minimum Gasteiger partial charge on any atom is -0.490 e. The van der Waals surface area contributed by atoms with E-state index in [0.29, 0.717) is 47.1 Å². The van der Waals surface area contributed by atoms with Crippen LogP contribution in [0.3, 0.4) is 0 Å². The predicted molar refractivity (Wildman–Crippen MR) is 87.5 cm³/mol. The second-order valence-electron chi connectivity index (χ2n) is 4.67. The number of benzene rings is 1. The molecule has 2 aromatic rings. The van der Waals surface area contributed by atoms with Gasteiger partial charge in [0.1, 0.15) is 6.29 Å². The van der Waals surface area contributed by atoms with E-state index in [9.17, 15) is 4.79 Å². The molecular weight excluding hydrogens is 316 g/mol. The van der Waals surface area contributed by atoms with Crippen molar-refractivity contribution in [2.24, 2.45) is 0 Å². The molecule has 0 aliphatic heterocycles. The number of aryl methyl sites for hydroxylation is 1. The van der Waals surface area contributed by atoms with Crippen LogP contribution in [-0.2, 0) is 6.42 Å². The quantitative estimate of drug-likeness (QED) is 0.374. The molecule has 124 valence electrons. The summed E-state index contributed by atoms with van der Waals surface area (Å²) >= 11 is 1.45. The third-order valence-electron chi connectivity index (χ3n) is 2.88. The number of rotatable bonds is 10. The van der Waals surface area contributed by atoms with Crippen molar-refractivity contribution in [2.45, 2.75) is 31.9 Å². The molecule has 6 nitrogen and oxygen atoms in total. The molecule has 0 fully saturated rings. The highest BCUT2D eigenvalue weighted by molar-refractivity contribution is 7.99. The van der Waals surface area contributed by atoms with Crippen molar-refractivity contribution in [2.75, 3.05) is 19.0 Å². The topological polar surface area (TPSA) is 74.5 Å². The maximum Gasteiger partial charge on any atom is 0.276 e. The van der Waals surface area contributed by atoms with Gasteiger partial charge in [-0.2, -0.15) is 0 Å². The maximum absolute atomic E-state index is 10.8. The molecule has 1 aromatic carbocycles. The van der Waals surface area contributed by atoms with E-state index >= 15 is 0 Å². The van der Waals surface area contributed by atoms with Gasteiger partial charge in [0.05, 0.1) is 13.2 Å². The summed E-state index contributed by atoms with van der Waals surface area (Å²) in [6, 6.07) is 5.12. The molecule has 0 bridgehead atoms. The second kappa shape index (κ2) is 9.19. The summed E-state index contributed by atoms with van der Waals surface area (Å²) in [4.78, 5) is 10.8. The fraction of sp³-hybridized carbons (Fsp3) is 0.438. The Labute approximate surface area is 139 Å². The van der Waals surface area contributed by atoms with E-state index in [1.54, 1.807) is 18.2 Å². The molecule has 0 N–H and O–H groups in total. The highest BCUT2D eigenvalue weighted by atomic mass is 32.2. The smallest absolute Gasteiger partial charge is 0.276 e. The average molecular weight is 336 g/mol. The van der Waals surface area contributed by atoms with Crippen LogP contribution in [-0.4, -0.2) is 35.5 Å². The number of hydrogen-bond donors (Lipinski definition) is 0. The lowest BCUT2D eigenvalue weighted by atomic mass is 10.2. The summed E-state index contributed by atoms with van der Waals surface area (Å²) in [5.41, 5.74) is 0.560. The van der Waals surface area contributed by atoms with E-state index in [2.05, 4.69) is 17.1 Å². The largest absolute Gasteiger partial charge is 0.490 e. The first-order valence-corrected chi connectivity index (χ1v) is 8.55. The van der Waals surface area contributed by atoms with Gasteiger partial charge in [0.15, 0.2) is 11.5 Å². The molecule has 0 amide bonds. The Kier molecular flexibility index (Phi) is 6.93. The third-order valence-corrected chi connectivity index (χ3v) is 3.67. The minimum absolute atomic E-state index is 0.469. The molecule has 2 rings (SSSR count). The summed E-state index contributed by atoms with van der Waals surface area (Å²) in [5.74, 6) is 2.54. The van der Waals surface area contributed by atoms with E-state index in [1.807, 2.05) is 6.92 Å². The van der Waals surface area contributed by atoms with Crippen LogP contribution in [0.1, 0.15) is 36.5 Å². The van der Waals surface area contributed by atoms with Crippen LogP contribution in [0, 0.1) is 0 Å². The van der Waals surface area contributed by atoms with Gasteiger partial charge in [-0.3, -0.25) is 4.79 Å². The Bertz CT molecular complexity index is 630. The van der Waals surface area contributed by atoms with Crippen molar-refractivity contribution in [3.8, 4) is 11.5 Å². The van der Waals surface area contributed by atoms with Gasteiger partial charge < -0.3 is 13.9 Å². The van der Waals surface area contributed by atoms with Crippen LogP contribution < -0.4 is 9.47 Å². The highest BCUT2D eigenvalue weighted by Gasteiger charge is 2.08. The maximum atomic E-state index is 10.8. The van der Waals surface area contributed by atoms with Crippen LogP contribution in [0.2, 0.25) is 0 Å². The van der Waals surface area contributed by atoms with Gasteiger partial charge in [0.25, 0.3) is 5.22 Å². The lowest BCUT2D eigenvalue weighted by molar-refractivity contribution is 0.112. The van der Waals surface area contributed by atoms with Gasteiger partial charge in [0, 0.05) is 17.7 Å². The van der Waals surface area contributed by atoms with Gasteiger partial charge in [-0.15, -0.1) is 10.2 Å². The van der Waals surface area contributed by atoms with Crippen LogP contribution >= 0.6 is 11.8 Å². The number of aromatic nitrogens is 2. The summed E-state index contributed by atoms with van der Waals surface area (Å²) in [6.07, 6.45) is 2.56. The summed E-state index contributed by atoms with van der Waals surface area (Å²) in [5, 5.41) is 8.50. The molecule has 7 heteroatoms. The first kappa shape index (κ1) is 17.3. The van der Waals surface area contributed by atoms with Gasteiger partial charge in [-0.1, -0.05) is 18.7 Å². The van der Waals surface area contributed by atoms with Crippen molar-refractivity contribution in [1.82, 2.24) is 10.2 Å². The van der Waals surface area contributed by atoms with Gasteiger partial charge in [0.2, 0.25) is 5.89 Å². The SMILES string of the molecule is CCCc1nnc(SCCOc2ccc(C=O)cc2OCC)o1. The van der Waals surface area contributed by atoms with Gasteiger partial charge in [-0.25, -0.2) is 0 Å². The molecule has 1 heterocycles. The fourth-order valence-corrected chi connectivity index (χ4v) is 2.47. The summed E-state index contributed by atoms with van der Waals surface area (Å²) in [6.45, 7) is 4.93. The average Bonchev–Trinajstić information content (AvgIpc) is 3.01. The van der Waals surface area contributed by atoms with Crippen molar-refractivity contribution < 1.29 is 18.7 Å². The Morgan fingerprint density at radius 2 is 2.09 bits per heavy atom. The number of ether oxygens (including phenoxy) is 2. The van der Waals surface area contributed by atoms with E-state index in [-0.39, 0.29) is 0 Å². The number of carbonyl (C=O) groups is 1. The lowest BCUT2D eigenvalue weighted by Gasteiger charge is -2.11. The zero-order valence-electron chi connectivity index (χ0n) is 13.3. The van der Waals surface area contributed by atoms with Crippen LogP contribution in [0.5, 0.6) is 11.5 Å². The summed E-state index contributed by atoms with van der Waals surface area (Å²) < 4.78 is 16.7. The molecule has 0 atom stereocenters. The Hall–Kier alpha value is -2.02. The number of thioether (sulfide) groups is 1. The molecule has 0 radical (unpaired) electrons. The molecule has 23 heavy (non-hydrogen) atoms. The zero-order valence-corrected chi connectivity index (χ0v) is 14.1. The molecule has 0 saturated carbocycles. The molecule has 0 aliphatic carbocycles. The number of hydrogen-bond acceptors (Lipinski definition) is 7. The molecular formula is C16H20N2O4S. The normalized spacial score (nSPS) is 10.5. The van der Waals surface area contributed by atoms with E-state index < -0.39 is 0 Å². The number of nitrogens with zero attached hydrogens (tertiary/aromatic N) is 2. The first-order chi connectivity index (χ1) is 11.3. The number of carbonyl (C=O) groups excluding carboxylic acids is 1. The van der Waals surface area contributed by atoms with Crippen LogP contribution in [0.25, 0.3) is 0 Å². The van der Waals surface area contributed by atoms with Crippen molar-refractivity contribution in [3.05, 3.63) is 29.7 Å². The summed E-state index contributed by atoms with van der Waals surface area (Å²) in [7, 11) is 0. The molecule has 0 aliphatic rings. The fourth-order valence-electron chi connectivity index (χ4n) is 1.88. The molecule has 0 saturated heterocycles. The lowest BCUT2D eigenvalue weighted by Crippen LogP contribution is -2.03. The van der Waals surface area contributed by atoms with Crippen molar-refractivity contribution in [3.63, 3.8) is 0 Å². The van der Waals surface area contributed by atoms with Gasteiger partial charge >= 0.3 is 0 Å². The van der Waals surface area contributed by atoms with Crippen molar-refractivity contribution in [1.29, 1.82) is 0 Å². The monoisotopic (exact) mass is 336 g/mol. The standard InChI is InChI=1S/C16H20N2O4S/c1-3-5-15-17-18-16(22-15)23-9-8-21-13-7-6-12(11-19)10-14(13)20-4-2/h6-7,10-11H,3-5,8-9H2,1-2H3. The molecule has 1 aromatic heterocycles. The van der Waals surface area contributed by atoms with E-state index in [1.165, 1.54) is 11.8 Å². The molecule has 0 spiro atoms. The van der Waals surface area contributed by atoms with Crippen LogP contribution in [0.4, 0.5) is 0 Å². The number of aldehydes is 1. The van der Waals surface area contributed by atoms with E-state index in [0.717, 1.165) is 19.1 Å². The molecule has 0 unspecified atom stereocenters. The zero-order chi connectivity index (χ0) is 16.5. The van der Waals surface area contributed by atoms with E-state index in [4.69, 9.17) is 13.9 Å². The third kappa shape index (κ3) is 5.28. The minimum atomic E-state index is 0.469. The predicted octanol–water partition coefficient (Wildman–Crippen LogP) is 3.40. The van der Waals surface area contributed by atoms with Gasteiger partial charge in [-0.05, 0) is 31.5 Å². The Balaban J connectivity index is 1.84. The highest BCUT2D eigenvalue weighted by Crippen LogP contribution is 2.28. The van der Waals surface area contributed by atoms with Crippen LogP contribution in [0.15, 0.2) is 27.8 Å².